The van der Waals surface area contributed by atoms with Crippen LogP contribution in [0.25, 0.3) is 0 Å². The molecule has 54 valence electrons. The lowest BCUT2D eigenvalue weighted by molar-refractivity contribution is -0.138. The number of rotatable bonds is 2. The van der Waals surface area contributed by atoms with E-state index in [0.717, 1.165) is 0 Å². The molecule has 9 heavy (non-hydrogen) atoms. The molecule has 0 spiro atoms. The lowest BCUT2D eigenvalue weighted by Gasteiger charge is -2.16. The Balaban J connectivity index is 4.04. The summed E-state index contributed by atoms with van der Waals surface area (Å²) in [5.41, 5.74) is -1.70. The molecular formula is C5H8BrFO2. The van der Waals surface area contributed by atoms with E-state index in [4.69, 9.17) is 5.11 Å². The van der Waals surface area contributed by atoms with Gasteiger partial charge in [0.05, 0.1) is 0 Å². The topological polar surface area (TPSA) is 37.3 Å². The Bertz CT molecular complexity index is 119. The largest absolute Gasteiger partial charge is 0.480 e. The summed E-state index contributed by atoms with van der Waals surface area (Å²) in [5.74, 6) is -1.18. The van der Waals surface area contributed by atoms with Gasteiger partial charge in [0.25, 0.3) is 0 Å². The van der Waals surface area contributed by atoms with Gasteiger partial charge >= 0.3 is 5.97 Å². The standard InChI is InChI=1S/C5H8BrFO2/c1-5(2,7)3(6)4(8)9/h3H,1-2H3,(H,8,9)/t3-/m1/s1. The lowest BCUT2D eigenvalue weighted by Crippen LogP contribution is -2.33. The van der Waals surface area contributed by atoms with E-state index >= 15 is 0 Å². The van der Waals surface area contributed by atoms with E-state index in [1.807, 2.05) is 0 Å². The maximum Gasteiger partial charge on any atom is 0.320 e. The molecular weight excluding hydrogens is 191 g/mol. The Morgan fingerprint density at radius 1 is 1.78 bits per heavy atom. The van der Waals surface area contributed by atoms with Gasteiger partial charge in [0.15, 0.2) is 0 Å². The fraction of sp³-hybridized carbons (Fsp3) is 0.800. The zero-order valence-electron chi connectivity index (χ0n) is 5.19. The minimum absolute atomic E-state index is 1.12. The molecule has 0 aliphatic carbocycles. The summed E-state index contributed by atoms with van der Waals surface area (Å²) in [6, 6.07) is 0. The Kier molecular flexibility index (Phi) is 2.61. The minimum atomic E-state index is -1.70. The second-order valence-electron chi connectivity index (χ2n) is 2.27. The van der Waals surface area contributed by atoms with E-state index in [2.05, 4.69) is 15.9 Å². The van der Waals surface area contributed by atoms with Gasteiger partial charge < -0.3 is 5.11 Å². The molecule has 0 amide bonds. The summed E-state index contributed by atoms with van der Waals surface area (Å²) in [6.07, 6.45) is 0. The van der Waals surface area contributed by atoms with Gasteiger partial charge in [0.2, 0.25) is 0 Å². The highest BCUT2D eigenvalue weighted by Crippen LogP contribution is 2.21. The number of alkyl halides is 2. The van der Waals surface area contributed by atoms with E-state index in [1.165, 1.54) is 13.8 Å². The van der Waals surface area contributed by atoms with E-state index in [1.54, 1.807) is 0 Å². The zero-order valence-corrected chi connectivity index (χ0v) is 6.77. The van der Waals surface area contributed by atoms with E-state index in [9.17, 15) is 9.18 Å². The van der Waals surface area contributed by atoms with Crippen molar-refractivity contribution in [2.24, 2.45) is 0 Å². The summed E-state index contributed by atoms with van der Waals surface area (Å²) in [4.78, 5) is 8.94. The number of carboxylic acid groups (broad SMARTS) is 1. The van der Waals surface area contributed by atoms with Crippen LogP contribution < -0.4 is 0 Å². The average molecular weight is 199 g/mol. The van der Waals surface area contributed by atoms with Crippen LogP contribution in [0.3, 0.4) is 0 Å². The molecule has 0 saturated carbocycles. The summed E-state index contributed by atoms with van der Waals surface area (Å²) in [7, 11) is 0. The van der Waals surface area contributed by atoms with Crippen molar-refractivity contribution < 1.29 is 14.3 Å². The van der Waals surface area contributed by atoms with Crippen LogP contribution >= 0.6 is 15.9 Å². The van der Waals surface area contributed by atoms with Gasteiger partial charge in [0, 0.05) is 0 Å². The predicted octanol–water partition coefficient (Wildman–Crippen LogP) is 1.58. The predicted molar refractivity (Wildman–Crippen MR) is 35.5 cm³/mol. The summed E-state index contributed by atoms with van der Waals surface area (Å²) in [6.45, 7) is 2.42. The van der Waals surface area contributed by atoms with Crippen LogP contribution in [0.5, 0.6) is 0 Å². The normalized spacial score (nSPS) is 15.1. The van der Waals surface area contributed by atoms with Gasteiger partial charge in [-0.1, -0.05) is 15.9 Å². The van der Waals surface area contributed by atoms with Crippen molar-refractivity contribution in [3.05, 3.63) is 0 Å². The molecule has 0 aromatic rings. The monoisotopic (exact) mass is 198 g/mol. The van der Waals surface area contributed by atoms with Crippen molar-refractivity contribution in [2.75, 3.05) is 0 Å². The van der Waals surface area contributed by atoms with Crippen LogP contribution in [0.2, 0.25) is 0 Å². The zero-order chi connectivity index (χ0) is 7.65. The molecule has 0 unspecified atom stereocenters. The molecule has 0 rings (SSSR count). The first-order valence-corrected chi connectivity index (χ1v) is 3.33. The second kappa shape index (κ2) is 2.64. The van der Waals surface area contributed by atoms with Crippen molar-refractivity contribution in [1.29, 1.82) is 0 Å². The third-order valence-corrected chi connectivity index (χ3v) is 2.30. The molecule has 4 heteroatoms. The van der Waals surface area contributed by atoms with Crippen molar-refractivity contribution in [1.82, 2.24) is 0 Å². The summed E-state index contributed by atoms with van der Waals surface area (Å²) < 4.78 is 12.6. The van der Waals surface area contributed by atoms with Crippen molar-refractivity contribution >= 4 is 21.9 Å². The van der Waals surface area contributed by atoms with Gasteiger partial charge in [-0.15, -0.1) is 0 Å². The molecule has 0 fully saturated rings. The maximum absolute atomic E-state index is 12.6. The van der Waals surface area contributed by atoms with Crippen LogP contribution in [-0.2, 0) is 4.79 Å². The molecule has 0 heterocycles. The van der Waals surface area contributed by atoms with Gasteiger partial charge in [0.1, 0.15) is 10.5 Å². The maximum atomic E-state index is 12.6. The molecule has 0 aliphatic rings. The van der Waals surface area contributed by atoms with Gasteiger partial charge in [-0.25, -0.2) is 4.39 Å². The van der Waals surface area contributed by atoms with Crippen molar-refractivity contribution in [2.45, 2.75) is 24.3 Å². The minimum Gasteiger partial charge on any atom is -0.480 e. The average Bonchev–Trinajstić information content (AvgIpc) is 1.62. The van der Waals surface area contributed by atoms with Gasteiger partial charge in [-0.3, -0.25) is 4.79 Å². The number of carbonyl (C=O) groups is 1. The number of hydrogen-bond acceptors (Lipinski definition) is 1. The Morgan fingerprint density at radius 3 is 2.11 bits per heavy atom. The molecule has 0 aliphatic heterocycles. The van der Waals surface area contributed by atoms with E-state index < -0.39 is 16.5 Å². The molecule has 2 nitrogen and oxygen atoms in total. The molecule has 0 bridgehead atoms. The molecule has 1 atom stereocenters. The first-order valence-electron chi connectivity index (χ1n) is 2.41. The smallest absolute Gasteiger partial charge is 0.320 e. The highest BCUT2D eigenvalue weighted by Gasteiger charge is 2.32. The van der Waals surface area contributed by atoms with E-state index in [0.29, 0.717) is 0 Å². The van der Waals surface area contributed by atoms with Gasteiger partial charge in [-0.2, -0.15) is 0 Å². The molecule has 0 aromatic heterocycles. The summed E-state index contributed by atoms with van der Waals surface area (Å²) >= 11 is 2.69. The van der Waals surface area contributed by atoms with Crippen molar-refractivity contribution in [3.63, 3.8) is 0 Å². The lowest BCUT2D eigenvalue weighted by atomic mass is 10.1. The Hall–Kier alpha value is -0.120. The first-order chi connectivity index (χ1) is 3.85. The fourth-order valence-corrected chi connectivity index (χ4v) is 0.294. The third kappa shape index (κ3) is 2.79. The third-order valence-electron chi connectivity index (χ3n) is 0.820. The van der Waals surface area contributed by atoms with Crippen LogP contribution in [0.1, 0.15) is 13.8 Å². The second-order valence-corrected chi connectivity index (χ2v) is 3.18. The molecule has 0 radical (unpaired) electrons. The number of aliphatic carboxylic acids is 1. The SMILES string of the molecule is CC(C)(F)[C@H](Br)C(=O)O. The number of halogens is 2. The highest BCUT2D eigenvalue weighted by molar-refractivity contribution is 9.10. The molecule has 0 aromatic carbocycles. The quantitative estimate of drug-likeness (QED) is 0.685. The summed E-state index contributed by atoms with van der Waals surface area (Å²) in [5, 5.41) is 8.23. The van der Waals surface area contributed by atoms with Crippen LogP contribution in [-0.4, -0.2) is 21.6 Å². The molecule has 0 saturated heterocycles. The fourth-order valence-electron chi connectivity index (χ4n) is 0.294. The Morgan fingerprint density at radius 2 is 2.11 bits per heavy atom. The molecule has 1 N–H and O–H groups in total. The highest BCUT2D eigenvalue weighted by atomic mass is 79.9. The van der Waals surface area contributed by atoms with Crippen LogP contribution in [0.4, 0.5) is 4.39 Å². The first kappa shape index (κ1) is 8.88. The number of carboxylic acids is 1. The van der Waals surface area contributed by atoms with Gasteiger partial charge in [-0.05, 0) is 13.8 Å². The van der Waals surface area contributed by atoms with Crippen LogP contribution in [0, 0.1) is 0 Å². The van der Waals surface area contributed by atoms with E-state index in [-0.39, 0.29) is 0 Å². The number of hydrogen-bond donors (Lipinski definition) is 1. The Labute approximate surface area is 61.2 Å². The van der Waals surface area contributed by atoms with Crippen LogP contribution in [0.15, 0.2) is 0 Å². The van der Waals surface area contributed by atoms with Crippen molar-refractivity contribution in [3.8, 4) is 0 Å².